The molecule has 0 amide bonds. The van der Waals surface area contributed by atoms with E-state index in [1.54, 1.807) is 14.2 Å². The lowest BCUT2D eigenvalue weighted by atomic mass is 9.89. The first-order valence-electron chi connectivity index (χ1n) is 5.23. The van der Waals surface area contributed by atoms with Gasteiger partial charge in [-0.25, -0.2) is 0 Å². The molecule has 0 bridgehead atoms. The topological polar surface area (TPSA) is 38.7 Å². The molecule has 3 heteroatoms. The van der Waals surface area contributed by atoms with Crippen molar-refractivity contribution in [2.45, 2.75) is 51.9 Å². The number of aliphatic hydroxyl groups is 1. The van der Waals surface area contributed by atoms with Gasteiger partial charge in [0.25, 0.3) is 0 Å². The van der Waals surface area contributed by atoms with Crippen LogP contribution >= 0.6 is 0 Å². The second-order valence-electron chi connectivity index (χ2n) is 4.32. The van der Waals surface area contributed by atoms with E-state index in [0.717, 1.165) is 12.8 Å². The van der Waals surface area contributed by atoms with Crippen LogP contribution in [0.1, 0.15) is 40.0 Å². The number of hydrogen-bond donors (Lipinski definition) is 1. The predicted octanol–water partition coefficient (Wildman–Crippen LogP) is 2.18. The summed E-state index contributed by atoms with van der Waals surface area (Å²) in [5.41, 5.74) is -0.702. The third kappa shape index (κ3) is 5.58. The Bertz CT molecular complexity index is 141. The van der Waals surface area contributed by atoms with Crippen molar-refractivity contribution in [1.29, 1.82) is 0 Å². The van der Waals surface area contributed by atoms with Crippen molar-refractivity contribution >= 4 is 0 Å². The average molecular weight is 204 g/mol. The average Bonchev–Trinajstić information content (AvgIpc) is 2.13. The van der Waals surface area contributed by atoms with Crippen LogP contribution in [0, 0.1) is 5.92 Å². The minimum atomic E-state index is -0.702. The summed E-state index contributed by atoms with van der Waals surface area (Å²) < 4.78 is 10.1. The van der Waals surface area contributed by atoms with Crippen LogP contribution < -0.4 is 0 Å². The molecule has 14 heavy (non-hydrogen) atoms. The van der Waals surface area contributed by atoms with E-state index in [4.69, 9.17) is 9.47 Å². The lowest BCUT2D eigenvalue weighted by Gasteiger charge is -2.29. The van der Waals surface area contributed by atoms with E-state index in [-0.39, 0.29) is 6.29 Å². The zero-order valence-electron chi connectivity index (χ0n) is 10.0. The van der Waals surface area contributed by atoms with Gasteiger partial charge in [0.2, 0.25) is 0 Å². The zero-order valence-corrected chi connectivity index (χ0v) is 10.0. The predicted molar refractivity (Wildman–Crippen MR) is 57.1 cm³/mol. The van der Waals surface area contributed by atoms with Crippen molar-refractivity contribution in [3.05, 3.63) is 0 Å². The van der Waals surface area contributed by atoms with E-state index < -0.39 is 5.60 Å². The number of hydrogen-bond acceptors (Lipinski definition) is 3. The molecule has 0 rings (SSSR count). The van der Waals surface area contributed by atoms with Gasteiger partial charge in [-0.15, -0.1) is 0 Å². The highest BCUT2D eigenvalue weighted by Gasteiger charge is 2.26. The SMILES string of the molecule is CCC(C)CC(C)(O)CC(OC)OC. The van der Waals surface area contributed by atoms with Crippen molar-refractivity contribution in [2.75, 3.05) is 14.2 Å². The molecule has 0 aliphatic carbocycles. The summed E-state index contributed by atoms with van der Waals surface area (Å²) in [5, 5.41) is 10.1. The molecule has 0 fully saturated rings. The summed E-state index contributed by atoms with van der Waals surface area (Å²) in [4.78, 5) is 0. The van der Waals surface area contributed by atoms with Crippen molar-refractivity contribution in [3.63, 3.8) is 0 Å². The molecule has 0 aromatic heterocycles. The fourth-order valence-electron chi connectivity index (χ4n) is 1.60. The molecule has 1 N–H and O–H groups in total. The van der Waals surface area contributed by atoms with Crippen LogP contribution in [0.3, 0.4) is 0 Å². The van der Waals surface area contributed by atoms with Gasteiger partial charge in [-0.2, -0.15) is 0 Å². The van der Waals surface area contributed by atoms with Crippen LogP contribution in [-0.2, 0) is 9.47 Å². The van der Waals surface area contributed by atoms with Crippen LogP contribution in [0.4, 0.5) is 0 Å². The molecule has 0 aromatic carbocycles. The van der Waals surface area contributed by atoms with Gasteiger partial charge >= 0.3 is 0 Å². The molecular weight excluding hydrogens is 180 g/mol. The molecule has 0 aliphatic heterocycles. The van der Waals surface area contributed by atoms with Gasteiger partial charge in [-0.05, 0) is 19.3 Å². The molecule has 0 aliphatic rings. The van der Waals surface area contributed by atoms with Gasteiger partial charge in [-0.3, -0.25) is 0 Å². The number of ether oxygens (including phenoxy) is 2. The Morgan fingerprint density at radius 1 is 1.21 bits per heavy atom. The van der Waals surface area contributed by atoms with E-state index in [1.807, 2.05) is 6.92 Å². The van der Waals surface area contributed by atoms with Gasteiger partial charge in [0.15, 0.2) is 6.29 Å². The Balaban J connectivity index is 4.04. The van der Waals surface area contributed by atoms with E-state index in [2.05, 4.69) is 13.8 Å². The molecule has 0 radical (unpaired) electrons. The fraction of sp³-hybridized carbons (Fsp3) is 1.00. The molecule has 0 spiro atoms. The van der Waals surface area contributed by atoms with Gasteiger partial charge in [-0.1, -0.05) is 20.3 Å². The summed E-state index contributed by atoms with van der Waals surface area (Å²) in [6, 6.07) is 0. The molecule has 3 nitrogen and oxygen atoms in total. The summed E-state index contributed by atoms with van der Waals surface area (Å²) in [6.45, 7) is 6.11. The summed E-state index contributed by atoms with van der Waals surface area (Å²) in [5.74, 6) is 0.527. The second-order valence-corrected chi connectivity index (χ2v) is 4.32. The third-order valence-electron chi connectivity index (χ3n) is 2.62. The lowest BCUT2D eigenvalue weighted by molar-refractivity contribution is -0.143. The molecular formula is C11H24O3. The van der Waals surface area contributed by atoms with E-state index in [0.29, 0.717) is 12.3 Å². The second kappa shape index (κ2) is 6.38. The Labute approximate surface area is 87.4 Å². The Kier molecular flexibility index (Phi) is 6.33. The van der Waals surface area contributed by atoms with Crippen LogP contribution in [0.25, 0.3) is 0 Å². The van der Waals surface area contributed by atoms with Crippen molar-refractivity contribution in [2.24, 2.45) is 5.92 Å². The van der Waals surface area contributed by atoms with Gasteiger partial charge in [0.05, 0.1) is 5.60 Å². The van der Waals surface area contributed by atoms with Crippen LogP contribution in [0.2, 0.25) is 0 Å². The van der Waals surface area contributed by atoms with Crippen LogP contribution in [0.5, 0.6) is 0 Å². The third-order valence-corrected chi connectivity index (χ3v) is 2.62. The van der Waals surface area contributed by atoms with E-state index in [1.165, 1.54) is 0 Å². The standard InChI is InChI=1S/C11H24O3/c1-6-9(2)7-11(3,12)8-10(13-4)14-5/h9-10,12H,6-8H2,1-5H3. The molecule has 2 unspecified atom stereocenters. The highest BCUT2D eigenvalue weighted by atomic mass is 16.7. The Morgan fingerprint density at radius 3 is 2.07 bits per heavy atom. The molecule has 86 valence electrons. The summed E-state index contributed by atoms with van der Waals surface area (Å²) in [6.07, 6.45) is 2.08. The summed E-state index contributed by atoms with van der Waals surface area (Å²) in [7, 11) is 3.18. The highest BCUT2D eigenvalue weighted by Crippen LogP contribution is 2.24. The minimum Gasteiger partial charge on any atom is -0.390 e. The molecule has 0 aromatic rings. The molecule has 0 saturated carbocycles. The molecule has 2 atom stereocenters. The van der Waals surface area contributed by atoms with Gasteiger partial charge < -0.3 is 14.6 Å². The van der Waals surface area contributed by atoms with Crippen molar-refractivity contribution < 1.29 is 14.6 Å². The maximum Gasteiger partial charge on any atom is 0.159 e. The fourth-order valence-corrected chi connectivity index (χ4v) is 1.60. The van der Waals surface area contributed by atoms with Crippen LogP contribution in [-0.4, -0.2) is 31.2 Å². The smallest absolute Gasteiger partial charge is 0.159 e. The zero-order chi connectivity index (χ0) is 11.2. The minimum absolute atomic E-state index is 0.311. The first-order valence-corrected chi connectivity index (χ1v) is 5.23. The molecule has 0 saturated heterocycles. The number of methoxy groups -OCH3 is 2. The van der Waals surface area contributed by atoms with Gasteiger partial charge in [0.1, 0.15) is 0 Å². The van der Waals surface area contributed by atoms with E-state index >= 15 is 0 Å². The normalized spacial score (nSPS) is 18.2. The Morgan fingerprint density at radius 2 is 1.71 bits per heavy atom. The number of rotatable bonds is 7. The van der Waals surface area contributed by atoms with Crippen LogP contribution in [0.15, 0.2) is 0 Å². The van der Waals surface area contributed by atoms with E-state index in [9.17, 15) is 5.11 Å². The first kappa shape index (κ1) is 13.9. The maximum atomic E-state index is 10.1. The highest BCUT2D eigenvalue weighted by molar-refractivity contribution is 4.76. The van der Waals surface area contributed by atoms with Crippen molar-refractivity contribution in [1.82, 2.24) is 0 Å². The van der Waals surface area contributed by atoms with Crippen molar-refractivity contribution in [3.8, 4) is 0 Å². The Hall–Kier alpha value is -0.120. The quantitative estimate of drug-likeness (QED) is 0.646. The lowest BCUT2D eigenvalue weighted by Crippen LogP contribution is -2.33. The molecule has 0 heterocycles. The largest absolute Gasteiger partial charge is 0.390 e. The summed E-state index contributed by atoms with van der Waals surface area (Å²) >= 11 is 0. The van der Waals surface area contributed by atoms with Gasteiger partial charge in [0, 0.05) is 20.6 Å². The first-order chi connectivity index (χ1) is 6.45. The monoisotopic (exact) mass is 204 g/mol. The maximum absolute atomic E-state index is 10.1.